The second kappa shape index (κ2) is 10.7. The first-order chi connectivity index (χ1) is 16.0. The number of anilines is 1. The van der Waals surface area contributed by atoms with Crippen molar-refractivity contribution in [2.24, 2.45) is 0 Å². The quantitative estimate of drug-likeness (QED) is 0.492. The van der Waals surface area contributed by atoms with Gasteiger partial charge in [0.15, 0.2) is 11.5 Å². The molecule has 0 heterocycles. The van der Waals surface area contributed by atoms with Gasteiger partial charge in [-0.25, -0.2) is 13.1 Å². The van der Waals surface area contributed by atoms with Crippen molar-refractivity contribution in [2.75, 3.05) is 19.5 Å². The maximum Gasteiger partial charge on any atom is 0.247 e. The van der Waals surface area contributed by atoms with Gasteiger partial charge in [-0.15, -0.1) is 0 Å². The van der Waals surface area contributed by atoms with E-state index in [2.05, 4.69) is 15.4 Å². The molecule has 1 aliphatic rings. The minimum absolute atomic E-state index is 0.00155. The maximum atomic E-state index is 13.2. The van der Waals surface area contributed by atoms with E-state index in [9.17, 15) is 13.2 Å². The summed E-state index contributed by atoms with van der Waals surface area (Å²) >= 11 is 0. The molecule has 2 aromatic carbocycles. The fourth-order valence-electron chi connectivity index (χ4n) is 4.00. The zero-order valence-electron chi connectivity index (χ0n) is 20.5. The lowest BCUT2D eigenvalue weighted by Crippen LogP contribution is -2.44. The van der Waals surface area contributed by atoms with E-state index in [0.29, 0.717) is 22.7 Å². The Morgan fingerprint density at radius 2 is 1.59 bits per heavy atom. The molecule has 9 heteroatoms. The molecule has 0 aromatic heterocycles. The van der Waals surface area contributed by atoms with E-state index >= 15 is 0 Å². The summed E-state index contributed by atoms with van der Waals surface area (Å²) in [4.78, 5) is 13.4. The Bertz CT molecular complexity index is 1090. The summed E-state index contributed by atoms with van der Waals surface area (Å²) < 4.78 is 38.9. The molecular weight excluding hydrogens is 454 g/mol. The number of hydrogen-bond acceptors (Lipinski definition) is 6. The van der Waals surface area contributed by atoms with Crippen LogP contribution in [0.3, 0.4) is 0 Å². The van der Waals surface area contributed by atoms with Gasteiger partial charge in [0.2, 0.25) is 15.9 Å². The molecule has 0 saturated heterocycles. The van der Waals surface area contributed by atoms with Gasteiger partial charge >= 0.3 is 0 Å². The van der Waals surface area contributed by atoms with Gasteiger partial charge in [-0.3, -0.25) is 4.79 Å². The van der Waals surface area contributed by atoms with Crippen LogP contribution >= 0.6 is 0 Å². The molecule has 1 amide bonds. The Labute approximate surface area is 202 Å². The molecule has 8 nitrogen and oxygen atoms in total. The van der Waals surface area contributed by atoms with Crippen LogP contribution in [0.2, 0.25) is 0 Å². The number of carbonyl (C=O) groups excluding carboxylic acids is 1. The fraction of sp³-hybridized carbons (Fsp3) is 0.480. The Hall–Kier alpha value is -2.78. The van der Waals surface area contributed by atoms with Crippen LogP contribution in [0, 0.1) is 0 Å². The molecule has 3 rings (SSSR count). The molecule has 0 radical (unpaired) electrons. The van der Waals surface area contributed by atoms with Crippen LogP contribution in [0.5, 0.6) is 11.5 Å². The van der Waals surface area contributed by atoms with E-state index < -0.39 is 21.6 Å². The molecule has 34 heavy (non-hydrogen) atoms. The zero-order valence-corrected chi connectivity index (χ0v) is 21.3. The summed E-state index contributed by atoms with van der Waals surface area (Å²) in [6, 6.07) is 11.0. The lowest BCUT2D eigenvalue weighted by molar-refractivity contribution is -0.123. The topological polar surface area (TPSA) is 106 Å². The number of carbonyl (C=O) groups is 1. The van der Waals surface area contributed by atoms with Crippen molar-refractivity contribution in [1.82, 2.24) is 10.0 Å². The van der Waals surface area contributed by atoms with E-state index in [-0.39, 0.29) is 16.8 Å². The lowest BCUT2D eigenvalue weighted by Gasteiger charge is -2.27. The fourth-order valence-corrected chi connectivity index (χ4v) is 5.31. The molecule has 2 aromatic rings. The van der Waals surface area contributed by atoms with Crippen LogP contribution < -0.4 is 24.8 Å². The number of methoxy groups -OCH3 is 2. The predicted octanol–water partition coefficient (Wildman–Crippen LogP) is 3.99. The van der Waals surface area contributed by atoms with Crippen molar-refractivity contribution < 1.29 is 22.7 Å². The van der Waals surface area contributed by atoms with Crippen LogP contribution in [0.4, 0.5) is 5.69 Å². The largest absolute Gasteiger partial charge is 0.493 e. The smallest absolute Gasteiger partial charge is 0.247 e. The van der Waals surface area contributed by atoms with Crippen molar-refractivity contribution in [1.29, 1.82) is 0 Å². The van der Waals surface area contributed by atoms with Gasteiger partial charge < -0.3 is 20.1 Å². The van der Waals surface area contributed by atoms with E-state index in [4.69, 9.17) is 9.47 Å². The van der Waals surface area contributed by atoms with Gasteiger partial charge in [-0.2, -0.15) is 0 Å². The molecule has 0 bridgehead atoms. The summed E-state index contributed by atoms with van der Waals surface area (Å²) in [6.45, 7) is 5.73. The van der Waals surface area contributed by atoms with E-state index in [0.717, 1.165) is 25.7 Å². The molecule has 3 N–H and O–H groups in total. The van der Waals surface area contributed by atoms with Gasteiger partial charge in [-0.05, 0) is 75.6 Å². The molecule has 1 aliphatic carbocycles. The first-order valence-electron chi connectivity index (χ1n) is 11.5. The molecule has 0 spiro atoms. The average Bonchev–Trinajstić information content (AvgIpc) is 3.28. The number of nitrogens with one attached hydrogen (secondary N) is 3. The summed E-state index contributed by atoms with van der Waals surface area (Å²) in [5.41, 5.74) is 0.861. The highest BCUT2D eigenvalue weighted by Crippen LogP contribution is 2.32. The first kappa shape index (κ1) is 25.8. The summed E-state index contributed by atoms with van der Waals surface area (Å²) in [5.74, 6) is 0.847. The Balaban J connectivity index is 1.85. The molecule has 1 fully saturated rings. The van der Waals surface area contributed by atoms with Gasteiger partial charge in [0.1, 0.15) is 6.04 Å². The van der Waals surface area contributed by atoms with Crippen LogP contribution in [0.1, 0.15) is 58.1 Å². The highest BCUT2D eigenvalue weighted by Gasteiger charge is 2.26. The summed E-state index contributed by atoms with van der Waals surface area (Å²) in [5, 5.41) is 6.24. The third kappa shape index (κ3) is 6.64. The van der Waals surface area contributed by atoms with E-state index in [1.165, 1.54) is 7.11 Å². The second-order valence-corrected chi connectivity index (χ2v) is 11.3. The standard InChI is InChI=1S/C25H35N3O5S/c1-25(2,3)27-24(29)23(17-10-15-21(32-4)22(16-17)33-5)26-18-11-13-20(14-12-18)34(30,31)28-19-8-6-7-9-19/h10-16,19,23,26,28H,6-9H2,1-5H3,(H,27,29)/t23-/m1/s1. The maximum absolute atomic E-state index is 13.2. The third-order valence-electron chi connectivity index (χ3n) is 5.65. The highest BCUT2D eigenvalue weighted by atomic mass is 32.2. The van der Waals surface area contributed by atoms with Gasteiger partial charge in [0.05, 0.1) is 19.1 Å². The Morgan fingerprint density at radius 3 is 2.15 bits per heavy atom. The number of rotatable bonds is 9. The third-order valence-corrected chi connectivity index (χ3v) is 7.19. The number of sulfonamides is 1. The molecule has 1 atom stereocenters. The number of benzene rings is 2. The van der Waals surface area contributed by atoms with Crippen molar-refractivity contribution in [3.05, 3.63) is 48.0 Å². The normalized spacial score (nSPS) is 15.6. The number of ether oxygens (including phenoxy) is 2. The van der Waals surface area contributed by atoms with Crippen molar-refractivity contribution >= 4 is 21.6 Å². The molecule has 0 aliphatic heterocycles. The van der Waals surface area contributed by atoms with Crippen molar-refractivity contribution in [3.63, 3.8) is 0 Å². The lowest BCUT2D eigenvalue weighted by atomic mass is 10.0. The molecule has 0 unspecified atom stereocenters. The minimum atomic E-state index is -3.59. The monoisotopic (exact) mass is 489 g/mol. The van der Waals surface area contributed by atoms with Gasteiger partial charge in [0, 0.05) is 17.3 Å². The van der Waals surface area contributed by atoms with E-state index in [1.54, 1.807) is 49.6 Å². The van der Waals surface area contributed by atoms with Crippen molar-refractivity contribution in [3.8, 4) is 11.5 Å². The first-order valence-corrected chi connectivity index (χ1v) is 12.9. The predicted molar refractivity (Wildman–Crippen MR) is 133 cm³/mol. The summed E-state index contributed by atoms with van der Waals surface area (Å²) in [7, 11) is -0.494. The Kier molecular flexibility index (Phi) is 8.09. The molecule has 186 valence electrons. The summed E-state index contributed by atoms with van der Waals surface area (Å²) in [6.07, 6.45) is 3.83. The average molecular weight is 490 g/mol. The van der Waals surface area contributed by atoms with Crippen LogP contribution in [-0.2, 0) is 14.8 Å². The number of amides is 1. The highest BCUT2D eigenvalue weighted by molar-refractivity contribution is 7.89. The van der Waals surface area contributed by atoms with Crippen LogP contribution in [-0.4, -0.2) is 40.1 Å². The van der Waals surface area contributed by atoms with Crippen LogP contribution in [0.15, 0.2) is 47.4 Å². The second-order valence-electron chi connectivity index (χ2n) is 9.56. The Morgan fingerprint density at radius 1 is 0.971 bits per heavy atom. The van der Waals surface area contributed by atoms with Crippen molar-refractivity contribution in [2.45, 2.75) is 69.0 Å². The zero-order chi connectivity index (χ0) is 24.9. The molecule has 1 saturated carbocycles. The molecular formula is C25H35N3O5S. The number of hydrogen-bond donors (Lipinski definition) is 3. The van der Waals surface area contributed by atoms with E-state index in [1.807, 2.05) is 20.8 Å². The minimum Gasteiger partial charge on any atom is -0.493 e. The van der Waals surface area contributed by atoms with Gasteiger partial charge in [-0.1, -0.05) is 18.9 Å². The van der Waals surface area contributed by atoms with Gasteiger partial charge in [0.25, 0.3) is 0 Å². The SMILES string of the molecule is COc1ccc([C@@H](Nc2ccc(S(=O)(=O)NC3CCCC3)cc2)C(=O)NC(C)(C)C)cc1OC. The van der Waals surface area contributed by atoms with Crippen LogP contribution in [0.25, 0.3) is 0 Å².